The molecule has 2 aromatic rings. The van der Waals surface area contributed by atoms with Crippen LogP contribution in [-0.2, 0) is 6.61 Å². The summed E-state index contributed by atoms with van der Waals surface area (Å²) in [5.41, 5.74) is 4.48. The first-order valence-electron chi connectivity index (χ1n) is 11.6. The molecular weight excluding hydrogens is 392 g/mol. The van der Waals surface area contributed by atoms with Gasteiger partial charge in [0.25, 0.3) is 0 Å². The number of allylic oxidation sites excluding steroid dienone is 3. The zero-order valence-electron chi connectivity index (χ0n) is 20.6. The number of benzene rings is 2. The monoisotopic (exact) mass is 432 g/mol. The molecule has 0 atom stereocenters. The van der Waals surface area contributed by atoms with Gasteiger partial charge in [0.15, 0.2) is 0 Å². The molecule has 0 saturated carbocycles. The van der Waals surface area contributed by atoms with E-state index in [1.54, 1.807) is 0 Å². The van der Waals surface area contributed by atoms with Crippen LogP contribution in [0.5, 0.6) is 11.5 Å². The Balaban J connectivity index is 0.000000646. The maximum atomic E-state index is 6.05. The maximum Gasteiger partial charge on any atom is 0.130 e. The van der Waals surface area contributed by atoms with Gasteiger partial charge in [-0.1, -0.05) is 95.0 Å². The molecule has 2 heteroatoms. The zero-order valence-corrected chi connectivity index (χ0v) is 20.6. The smallest absolute Gasteiger partial charge is 0.130 e. The molecule has 2 aromatic carbocycles. The van der Waals surface area contributed by atoms with Crippen molar-refractivity contribution in [2.45, 2.75) is 54.1 Å². The topological polar surface area (TPSA) is 18.5 Å². The van der Waals surface area contributed by atoms with E-state index in [2.05, 4.69) is 64.3 Å². The predicted octanol–water partition coefficient (Wildman–Crippen LogP) is 8.73. The minimum Gasteiger partial charge on any atom is -0.489 e. The average Bonchev–Trinajstić information content (AvgIpc) is 2.84. The van der Waals surface area contributed by atoms with Crippen molar-refractivity contribution in [1.29, 1.82) is 0 Å². The molecule has 0 radical (unpaired) electrons. The molecule has 0 bridgehead atoms. The largest absolute Gasteiger partial charge is 0.489 e. The molecule has 1 aliphatic rings. The average molecular weight is 433 g/mol. The van der Waals surface area contributed by atoms with E-state index in [0.29, 0.717) is 19.1 Å². The van der Waals surface area contributed by atoms with Crippen molar-refractivity contribution in [3.05, 3.63) is 102 Å². The lowest BCUT2D eigenvalue weighted by Crippen LogP contribution is -2.03. The van der Waals surface area contributed by atoms with E-state index >= 15 is 0 Å². The number of hydrogen-bond acceptors (Lipinski definition) is 2. The Morgan fingerprint density at radius 3 is 2.22 bits per heavy atom. The maximum absolute atomic E-state index is 6.05. The summed E-state index contributed by atoms with van der Waals surface area (Å²) in [4.78, 5) is 0. The van der Waals surface area contributed by atoms with Crippen molar-refractivity contribution in [3.8, 4) is 11.5 Å². The third kappa shape index (κ3) is 9.87. The second-order valence-electron chi connectivity index (χ2n) is 7.66. The highest BCUT2D eigenvalue weighted by Gasteiger charge is 2.09. The molecule has 0 aliphatic heterocycles. The van der Waals surface area contributed by atoms with E-state index in [9.17, 15) is 0 Å². The number of aryl methyl sites for hydroxylation is 1. The van der Waals surface area contributed by atoms with Crippen molar-refractivity contribution >= 4 is 6.08 Å². The molecule has 0 amide bonds. The number of hydrogen-bond donors (Lipinski definition) is 0. The van der Waals surface area contributed by atoms with E-state index < -0.39 is 0 Å². The van der Waals surface area contributed by atoms with Crippen LogP contribution in [0, 0.1) is 12.8 Å². The van der Waals surface area contributed by atoms with Gasteiger partial charge in [0.1, 0.15) is 24.7 Å². The summed E-state index contributed by atoms with van der Waals surface area (Å²) in [5, 5.41) is 0. The Hall–Kier alpha value is -3.00. The van der Waals surface area contributed by atoms with Gasteiger partial charge in [-0.15, -0.1) is 6.58 Å². The van der Waals surface area contributed by atoms with Gasteiger partial charge in [0.2, 0.25) is 0 Å². The third-order valence-corrected chi connectivity index (χ3v) is 4.71. The summed E-state index contributed by atoms with van der Waals surface area (Å²) in [6.07, 6.45) is 12.5. The predicted molar refractivity (Wildman–Crippen MR) is 140 cm³/mol. The van der Waals surface area contributed by atoms with Crippen LogP contribution < -0.4 is 9.47 Å². The molecule has 0 aromatic heterocycles. The van der Waals surface area contributed by atoms with E-state index in [1.165, 1.54) is 5.57 Å². The van der Waals surface area contributed by atoms with E-state index in [0.717, 1.165) is 41.0 Å². The molecule has 2 nitrogen and oxygen atoms in total. The van der Waals surface area contributed by atoms with E-state index in [4.69, 9.17) is 9.47 Å². The van der Waals surface area contributed by atoms with Crippen molar-refractivity contribution in [1.82, 2.24) is 0 Å². The molecule has 0 spiro atoms. The van der Waals surface area contributed by atoms with E-state index in [-0.39, 0.29) is 0 Å². The first-order chi connectivity index (χ1) is 15.5. The molecule has 0 heterocycles. The fourth-order valence-electron chi connectivity index (χ4n) is 2.88. The Kier molecular flexibility index (Phi) is 13.3. The van der Waals surface area contributed by atoms with Gasteiger partial charge in [0, 0.05) is 11.6 Å². The van der Waals surface area contributed by atoms with Crippen molar-refractivity contribution < 1.29 is 9.47 Å². The highest BCUT2D eigenvalue weighted by molar-refractivity contribution is 5.62. The molecule has 1 aliphatic carbocycles. The lowest BCUT2D eigenvalue weighted by molar-refractivity contribution is 0.300. The summed E-state index contributed by atoms with van der Waals surface area (Å²) in [7, 11) is 0. The van der Waals surface area contributed by atoms with Crippen LogP contribution in [0.2, 0.25) is 0 Å². The van der Waals surface area contributed by atoms with Crippen molar-refractivity contribution in [2.75, 3.05) is 6.61 Å². The molecule has 0 N–H and O–H groups in total. The third-order valence-electron chi connectivity index (χ3n) is 4.71. The lowest BCUT2D eigenvalue weighted by atomic mass is 10.1. The fourth-order valence-corrected chi connectivity index (χ4v) is 2.88. The molecule has 0 fully saturated rings. The Morgan fingerprint density at radius 1 is 0.969 bits per heavy atom. The molecule has 3 rings (SSSR count). The van der Waals surface area contributed by atoms with Crippen LogP contribution in [-0.4, -0.2) is 6.61 Å². The quantitative estimate of drug-likeness (QED) is 0.388. The minimum absolute atomic E-state index is 0.526. The van der Waals surface area contributed by atoms with Gasteiger partial charge >= 0.3 is 0 Å². The van der Waals surface area contributed by atoms with Crippen molar-refractivity contribution in [2.24, 2.45) is 5.92 Å². The normalized spacial score (nSPS) is 11.9. The van der Waals surface area contributed by atoms with Gasteiger partial charge in [0.05, 0.1) is 0 Å². The summed E-state index contributed by atoms with van der Waals surface area (Å²) < 4.78 is 12.0. The van der Waals surface area contributed by atoms with Crippen molar-refractivity contribution in [3.63, 3.8) is 0 Å². The van der Waals surface area contributed by atoms with Crippen LogP contribution in [0.1, 0.15) is 57.2 Å². The van der Waals surface area contributed by atoms with Gasteiger partial charge in [-0.3, -0.25) is 0 Å². The summed E-state index contributed by atoms with van der Waals surface area (Å²) in [6, 6.07) is 14.2. The highest BCUT2D eigenvalue weighted by atomic mass is 16.5. The first-order valence-corrected chi connectivity index (χ1v) is 11.6. The first kappa shape index (κ1) is 27.0. The molecule has 0 unspecified atom stereocenters. The van der Waals surface area contributed by atoms with Crippen LogP contribution in [0.25, 0.3) is 6.08 Å². The Bertz CT molecular complexity index is 873. The van der Waals surface area contributed by atoms with Gasteiger partial charge < -0.3 is 9.47 Å². The van der Waals surface area contributed by atoms with Crippen LogP contribution in [0.15, 0.2) is 85.5 Å². The van der Waals surface area contributed by atoms with Gasteiger partial charge in [-0.2, -0.15) is 0 Å². The number of ether oxygens (including phenoxy) is 2. The molecular formula is C30H40O2. The summed E-state index contributed by atoms with van der Waals surface area (Å²) >= 11 is 0. The zero-order chi connectivity index (χ0) is 23.8. The minimum atomic E-state index is 0.526. The molecule has 172 valence electrons. The Morgan fingerprint density at radius 2 is 1.66 bits per heavy atom. The second-order valence-corrected chi connectivity index (χ2v) is 7.66. The highest BCUT2D eigenvalue weighted by Crippen LogP contribution is 2.30. The molecule has 0 saturated heterocycles. The lowest BCUT2D eigenvalue weighted by Gasteiger charge is -2.15. The standard InChI is InChI=1S/C23H24O2.C5H10.C2H6/c1-3-22-18(2)14-21(24-16-19-10-6-4-7-11-19)15-23(22)25-17-20-12-8-5-9-13-20;1-4-5(2)3;1-2/h3,5-6,8-15H,1,4,7,16-17H2,2H3;4-5H,1H2,2-3H3;1-2H3. The van der Waals surface area contributed by atoms with Crippen LogP contribution in [0.4, 0.5) is 0 Å². The van der Waals surface area contributed by atoms with Crippen LogP contribution >= 0.6 is 0 Å². The SMILES string of the molecule is C=CC(C)C.C=Cc1c(C)cc(OCC2=CCCC=C2)cc1OCc1ccccc1.CC. The summed E-state index contributed by atoms with van der Waals surface area (Å²) in [6.45, 7) is 18.9. The summed E-state index contributed by atoms with van der Waals surface area (Å²) in [5.74, 6) is 2.28. The van der Waals surface area contributed by atoms with Crippen LogP contribution in [0.3, 0.4) is 0 Å². The van der Waals surface area contributed by atoms with Gasteiger partial charge in [-0.25, -0.2) is 0 Å². The fraction of sp³-hybridized carbons (Fsp3) is 0.333. The second kappa shape index (κ2) is 15.8. The molecule has 32 heavy (non-hydrogen) atoms. The van der Waals surface area contributed by atoms with Gasteiger partial charge in [-0.05, 0) is 48.4 Å². The Labute approximate surface area is 196 Å². The van der Waals surface area contributed by atoms with E-state index in [1.807, 2.05) is 56.3 Å². The number of rotatable bonds is 8.